The molecule has 2 aromatic carbocycles. The van der Waals surface area contributed by atoms with E-state index >= 15 is 0 Å². The van der Waals surface area contributed by atoms with E-state index < -0.39 is 21.7 Å². The SMILES string of the molecule is O=S(=O)(Nc1c(F)cc(F)cc1Br)c1ccc(Cl)c(Br)c1. The highest BCUT2D eigenvalue weighted by molar-refractivity contribution is 9.11. The van der Waals surface area contributed by atoms with Crippen LogP contribution >= 0.6 is 43.5 Å². The lowest BCUT2D eigenvalue weighted by atomic mass is 10.3. The van der Waals surface area contributed by atoms with Crippen molar-refractivity contribution in [1.29, 1.82) is 0 Å². The van der Waals surface area contributed by atoms with Crippen molar-refractivity contribution in [1.82, 2.24) is 0 Å². The molecule has 0 aliphatic rings. The smallest absolute Gasteiger partial charge is 0.262 e. The van der Waals surface area contributed by atoms with Crippen molar-refractivity contribution < 1.29 is 17.2 Å². The Kier molecular flexibility index (Phi) is 4.92. The Labute approximate surface area is 141 Å². The van der Waals surface area contributed by atoms with Crippen molar-refractivity contribution in [2.45, 2.75) is 4.90 Å². The first-order chi connectivity index (χ1) is 9.70. The van der Waals surface area contributed by atoms with Crippen LogP contribution in [0.5, 0.6) is 0 Å². The summed E-state index contributed by atoms with van der Waals surface area (Å²) in [6, 6.07) is 5.47. The van der Waals surface area contributed by atoms with E-state index in [9.17, 15) is 17.2 Å². The highest BCUT2D eigenvalue weighted by Crippen LogP contribution is 2.30. The molecule has 9 heteroatoms. The van der Waals surface area contributed by atoms with E-state index in [0.29, 0.717) is 15.6 Å². The van der Waals surface area contributed by atoms with Gasteiger partial charge in [0.25, 0.3) is 10.0 Å². The zero-order valence-corrected chi connectivity index (χ0v) is 14.7. The first-order valence-corrected chi connectivity index (χ1v) is 8.78. The Bertz CT molecular complexity index is 792. The topological polar surface area (TPSA) is 46.2 Å². The number of sulfonamides is 1. The molecule has 0 fully saturated rings. The van der Waals surface area contributed by atoms with Gasteiger partial charge in [-0.3, -0.25) is 4.72 Å². The zero-order valence-electron chi connectivity index (χ0n) is 10.0. The molecule has 21 heavy (non-hydrogen) atoms. The molecule has 0 heterocycles. The Morgan fingerprint density at radius 3 is 2.29 bits per heavy atom. The molecule has 0 saturated heterocycles. The molecule has 3 nitrogen and oxygen atoms in total. The Balaban J connectivity index is 2.44. The number of nitrogens with one attached hydrogen (secondary N) is 1. The molecule has 0 aromatic heterocycles. The summed E-state index contributed by atoms with van der Waals surface area (Å²) in [7, 11) is -4.04. The minimum Gasteiger partial charge on any atom is -0.275 e. The lowest BCUT2D eigenvalue weighted by Crippen LogP contribution is -2.14. The van der Waals surface area contributed by atoms with E-state index in [0.717, 1.165) is 6.07 Å². The van der Waals surface area contributed by atoms with Crippen LogP contribution in [0.2, 0.25) is 5.02 Å². The predicted molar refractivity (Wildman–Crippen MR) is 84.0 cm³/mol. The summed E-state index contributed by atoms with van der Waals surface area (Å²) in [6.45, 7) is 0. The maximum atomic E-state index is 13.7. The van der Waals surface area contributed by atoms with E-state index in [1.165, 1.54) is 18.2 Å². The van der Waals surface area contributed by atoms with Crippen molar-refractivity contribution >= 4 is 59.2 Å². The van der Waals surface area contributed by atoms with Crippen LogP contribution in [0.3, 0.4) is 0 Å². The van der Waals surface area contributed by atoms with Crippen LogP contribution in [0.15, 0.2) is 44.2 Å². The second-order valence-corrected chi connectivity index (χ2v) is 7.72. The van der Waals surface area contributed by atoms with Gasteiger partial charge in [-0.2, -0.15) is 0 Å². The molecule has 0 spiro atoms. The van der Waals surface area contributed by atoms with Crippen LogP contribution in [0.25, 0.3) is 0 Å². The van der Waals surface area contributed by atoms with Gasteiger partial charge in [-0.15, -0.1) is 0 Å². The molecule has 0 amide bonds. The van der Waals surface area contributed by atoms with Crippen LogP contribution in [0, 0.1) is 11.6 Å². The Morgan fingerprint density at radius 2 is 1.71 bits per heavy atom. The molecule has 112 valence electrons. The molecule has 0 aliphatic heterocycles. The number of hydrogen-bond acceptors (Lipinski definition) is 2. The molecular formula is C12H6Br2ClF2NO2S. The van der Waals surface area contributed by atoms with Crippen LogP contribution in [-0.2, 0) is 10.0 Å². The minimum atomic E-state index is -4.04. The van der Waals surface area contributed by atoms with Crippen LogP contribution in [-0.4, -0.2) is 8.42 Å². The monoisotopic (exact) mass is 459 g/mol. The summed E-state index contributed by atoms with van der Waals surface area (Å²) >= 11 is 11.8. The van der Waals surface area contributed by atoms with E-state index in [-0.39, 0.29) is 15.1 Å². The fourth-order valence-electron chi connectivity index (χ4n) is 1.48. The number of anilines is 1. The third-order valence-electron chi connectivity index (χ3n) is 2.44. The molecule has 0 atom stereocenters. The van der Waals surface area contributed by atoms with E-state index in [2.05, 4.69) is 36.6 Å². The van der Waals surface area contributed by atoms with Gasteiger partial charge in [0.15, 0.2) is 5.82 Å². The molecule has 2 rings (SSSR count). The van der Waals surface area contributed by atoms with Crippen molar-refractivity contribution in [2.24, 2.45) is 0 Å². The predicted octanol–water partition coefficient (Wildman–Crippen LogP) is 4.94. The van der Waals surface area contributed by atoms with Gasteiger partial charge in [0.1, 0.15) is 5.82 Å². The van der Waals surface area contributed by atoms with Crippen molar-refractivity contribution in [2.75, 3.05) is 4.72 Å². The van der Waals surface area contributed by atoms with Gasteiger partial charge in [-0.1, -0.05) is 11.6 Å². The van der Waals surface area contributed by atoms with E-state index in [1.807, 2.05) is 0 Å². The fraction of sp³-hybridized carbons (Fsp3) is 0. The van der Waals surface area contributed by atoms with Gasteiger partial charge in [0.05, 0.1) is 15.6 Å². The fourth-order valence-corrected chi connectivity index (χ4v) is 3.88. The van der Waals surface area contributed by atoms with Gasteiger partial charge in [-0.05, 0) is 56.1 Å². The van der Waals surface area contributed by atoms with Gasteiger partial charge in [0, 0.05) is 15.0 Å². The number of rotatable bonds is 3. The van der Waals surface area contributed by atoms with E-state index in [4.69, 9.17) is 11.6 Å². The molecule has 0 bridgehead atoms. The summed E-state index contributed by atoms with van der Waals surface area (Å²) < 4.78 is 53.5. The summed E-state index contributed by atoms with van der Waals surface area (Å²) in [5.74, 6) is -1.85. The third-order valence-corrected chi connectivity index (χ3v) is 5.63. The summed E-state index contributed by atoms with van der Waals surface area (Å²) in [5.41, 5.74) is -0.373. The first-order valence-electron chi connectivity index (χ1n) is 5.33. The highest BCUT2D eigenvalue weighted by atomic mass is 79.9. The molecule has 0 aliphatic carbocycles. The molecule has 0 saturated carbocycles. The minimum absolute atomic E-state index is 0.0448. The number of hydrogen-bond donors (Lipinski definition) is 1. The summed E-state index contributed by atoms with van der Waals surface area (Å²) in [5, 5.41) is 0.336. The van der Waals surface area contributed by atoms with Crippen LogP contribution in [0.4, 0.5) is 14.5 Å². The van der Waals surface area contributed by atoms with Crippen molar-refractivity contribution in [3.63, 3.8) is 0 Å². The van der Waals surface area contributed by atoms with Gasteiger partial charge in [-0.25, -0.2) is 17.2 Å². The molecule has 0 radical (unpaired) electrons. The normalized spacial score (nSPS) is 11.5. The lowest BCUT2D eigenvalue weighted by Gasteiger charge is -2.11. The van der Waals surface area contributed by atoms with Crippen LogP contribution < -0.4 is 4.72 Å². The second kappa shape index (κ2) is 6.20. The summed E-state index contributed by atoms with van der Waals surface area (Å²) in [4.78, 5) is -0.116. The van der Waals surface area contributed by atoms with E-state index in [1.54, 1.807) is 0 Å². The molecule has 1 N–H and O–H groups in total. The van der Waals surface area contributed by atoms with Gasteiger partial charge in [0.2, 0.25) is 0 Å². The molecular weight excluding hydrogens is 455 g/mol. The largest absolute Gasteiger partial charge is 0.275 e. The highest BCUT2D eigenvalue weighted by Gasteiger charge is 2.20. The zero-order chi connectivity index (χ0) is 15.8. The molecule has 2 aromatic rings. The average molecular weight is 462 g/mol. The second-order valence-electron chi connectivity index (χ2n) is 3.93. The van der Waals surface area contributed by atoms with Gasteiger partial charge < -0.3 is 0 Å². The average Bonchev–Trinajstić information content (AvgIpc) is 2.37. The maximum absolute atomic E-state index is 13.7. The third kappa shape index (κ3) is 3.74. The number of halogens is 5. The standard InChI is InChI=1S/C12H6Br2ClF2NO2S/c13-8-5-7(1-2-10(8)15)21(19,20)18-12-9(14)3-6(16)4-11(12)17/h1-5,18H. The van der Waals surface area contributed by atoms with Crippen molar-refractivity contribution in [3.05, 3.63) is 55.9 Å². The lowest BCUT2D eigenvalue weighted by molar-refractivity contribution is 0.581. The van der Waals surface area contributed by atoms with Gasteiger partial charge >= 0.3 is 0 Å². The number of benzene rings is 2. The summed E-state index contributed by atoms with van der Waals surface area (Å²) in [6.07, 6.45) is 0. The van der Waals surface area contributed by atoms with Crippen molar-refractivity contribution in [3.8, 4) is 0 Å². The quantitative estimate of drug-likeness (QED) is 0.704. The first kappa shape index (κ1) is 16.7. The van der Waals surface area contributed by atoms with Crippen LogP contribution in [0.1, 0.15) is 0 Å². The molecule has 0 unspecified atom stereocenters. The Morgan fingerprint density at radius 1 is 1.05 bits per heavy atom. The Hall–Kier alpha value is -0.700. The maximum Gasteiger partial charge on any atom is 0.262 e.